The molecular weight excluding hydrogens is 282 g/mol. The van der Waals surface area contributed by atoms with Gasteiger partial charge in [0.1, 0.15) is 5.75 Å². The summed E-state index contributed by atoms with van der Waals surface area (Å²) in [6, 6.07) is 4.88. The zero-order valence-corrected chi connectivity index (χ0v) is 12.9. The molecule has 0 unspecified atom stereocenters. The molecule has 22 heavy (non-hydrogen) atoms. The summed E-state index contributed by atoms with van der Waals surface area (Å²) in [5.41, 5.74) is 6.75. The molecule has 2 rings (SSSR count). The van der Waals surface area contributed by atoms with Crippen molar-refractivity contribution in [3.8, 4) is 5.75 Å². The Morgan fingerprint density at radius 2 is 2.00 bits per heavy atom. The Morgan fingerprint density at radius 1 is 1.27 bits per heavy atom. The van der Waals surface area contributed by atoms with Gasteiger partial charge >= 0.3 is 0 Å². The number of carbonyl (C=O) groups is 2. The number of piperidine rings is 1. The molecule has 1 aliphatic rings. The van der Waals surface area contributed by atoms with E-state index in [4.69, 9.17) is 10.5 Å². The molecule has 0 saturated carbocycles. The first-order chi connectivity index (χ1) is 10.6. The molecule has 1 heterocycles. The van der Waals surface area contributed by atoms with E-state index in [1.807, 2.05) is 4.90 Å². The van der Waals surface area contributed by atoms with Gasteiger partial charge in [-0.05, 0) is 37.5 Å². The number of nitrogens with zero attached hydrogens (tertiary/aromatic N) is 1. The second kappa shape index (κ2) is 7.68. The molecule has 1 saturated heterocycles. The van der Waals surface area contributed by atoms with Gasteiger partial charge in [-0.3, -0.25) is 9.59 Å². The summed E-state index contributed by atoms with van der Waals surface area (Å²) in [6.07, 6.45) is 3.71. The minimum Gasteiger partial charge on any atom is -0.491 e. The molecule has 1 aliphatic heterocycles. The lowest BCUT2D eigenvalue weighted by atomic mass is 10.1. The maximum Gasteiger partial charge on any atom is 0.251 e. The summed E-state index contributed by atoms with van der Waals surface area (Å²) < 4.78 is 5.56. The first-order valence-electron chi connectivity index (χ1n) is 7.64. The molecule has 3 N–H and O–H groups in total. The molecule has 0 aromatic heterocycles. The highest BCUT2D eigenvalue weighted by Crippen LogP contribution is 2.22. The molecule has 0 bridgehead atoms. The number of anilines is 1. The average Bonchev–Trinajstić information content (AvgIpc) is 2.56. The van der Waals surface area contributed by atoms with Crippen LogP contribution in [0.2, 0.25) is 0 Å². The normalized spacial score (nSPS) is 14.5. The van der Waals surface area contributed by atoms with Gasteiger partial charge in [0, 0.05) is 25.7 Å². The zero-order chi connectivity index (χ0) is 15.9. The van der Waals surface area contributed by atoms with E-state index in [1.54, 1.807) is 25.2 Å². The Bertz CT molecular complexity index is 539. The van der Waals surface area contributed by atoms with E-state index < -0.39 is 0 Å². The first kappa shape index (κ1) is 16.1. The van der Waals surface area contributed by atoms with E-state index in [2.05, 4.69) is 5.32 Å². The van der Waals surface area contributed by atoms with Crippen molar-refractivity contribution in [2.24, 2.45) is 0 Å². The van der Waals surface area contributed by atoms with E-state index in [1.165, 1.54) is 6.42 Å². The highest BCUT2D eigenvalue weighted by molar-refractivity contribution is 5.95. The van der Waals surface area contributed by atoms with Gasteiger partial charge in [-0.1, -0.05) is 0 Å². The monoisotopic (exact) mass is 305 g/mol. The molecule has 6 heteroatoms. The van der Waals surface area contributed by atoms with Crippen LogP contribution in [0.25, 0.3) is 0 Å². The third-order valence-corrected chi connectivity index (χ3v) is 3.78. The van der Waals surface area contributed by atoms with Crippen LogP contribution in [-0.4, -0.2) is 43.5 Å². The number of benzene rings is 1. The van der Waals surface area contributed by atoms with Crippen molar-refractivity contribution in [2.75, 3.05) is 32.5 Å². The van der Waals surface area contributed by atoms with Gasteiger partial charge in [0.15, 0.2) is 0 Å². The van der Waals surface area contributed by atoms with Crippen molar-refractivity contribution in [3.05, 3.63) is 23.8 Å². The van der Waals surface area contributed by atoms with E-state index >= 15 is 0 Å². The number of amides is 2. The minimum absolute atomic E-state index is 0.125. The molecule has 6 nitrogen and oxygen atoms in total. The van der Waals surface area contributed by atoms with Crippen LogP contribution in [0.5, 0.6) is 5.75 Å². The molecule has 1 aromatic rings. The van der Waals surface area contributed by atoms with Gasteiger partial charge in [-0.25, -0.2) is 0 Å². The Hall–Kier alpha value is -2.24. The van der Waals surface area contributed by atoms with Crippen molar-refractivity contribution >= 4 is 17.5 Å². The third kappa shape index (κ3) is 4.13. The summed E-state index contributed by atoms with van der Waals surface area (Å²) in [7, 11) is 1.56. The number of hydrogen-bond donors (Lipinski definition) is 2. The van der Waals surface area contributed by atoms with Crippen molar-refractivity contribution in [1.29, 1.82) is 0 Å². The zero-order valence-electron chi connectivity index (χ0n) is 12.9. The van der Waals surface area contributed by atoms with Crippen LogP contribution in [0.15, 0.2) is 18.2 Å². The third-order valence-electron chi connectivity index (χ3n) is 3.78. The number of carbonyl (C=O) groups excluding carboxylic acids is 2. The fourth-order valence-electron chi connectivity index (χ4n) is 2.52. The molecule has 0 spiro atoms. The van der Waals surface area contributed by atoms with Gasteiger partial charge in [0.25, 0.3) is 5.91 Å². The van der Waals surface area contributed by atoms with Crippen molar-refractivity contribution < 1.29 is 14.3 Å². The second-order valence-corrected chi connectivity index (χ2v) is 5.37. The number of nitrogen functional groups attached to an aromatic ring is 1. The van der Waals surface area contributed by atoms with Crippen molar-refractivity contribution in [3.63, 3.8) is 0 Å². The number of nitrogens with one attached hydrogen (secondary N) is 1. The number of nitrogens with two attached hydrogens (primary N) is 1. The van der Waals surface area contributed by atoms with Gasteiger partial charge < -0.3 is 20.7 Å². The predicted octanol–water partition coefficient (Wildman–Crippen LogP) is 1.41. The van der Waals surface area contributed by atoms with Crippen LogP contribution in [0.3, 0.4) is 0 Å². The highest BCUT2D eigenvalue weighted by Gasteiger charge is 2.16. The molecule has 0 radical (unpaired) electrons. The molecular formula is C16H23N3O3. The fraction of sp³-hybridized carbons (Fsp3) is 0.500. The summed E-state index contributed by atoms with van der Waals surface area (Å²) in [6.45, 7) is 1.99. The number of ether oxygens (including phenoxy) is 1. The molecule has 0 aliphatic carbocycles. The second-order valence-electron chi connectivity index (χ2n) is 5.37. The number of likely N-dealkylation sites (tertiary alicyclic amines) is 1. The predicted molar refractivity (Wildman–Crippen MR) is 84.8 cm³/mol. The fourth-order valence-corrected chi connectivity index (χ4v) is 2.52. The Kier molecular flexibility index (Phi) is 5.63. The SMILES string of the molecule is CNC(=O)c1ccc(OCCC(=O)N2CCCCC2)c(N)c1. The number of hydrogen-bond acceptors (Lipinski definition) is 4. The average molecular weight is 305 g/mol. The standard InChI is InChI=1S/C16H23N3O3/c1-18-16(21)12-5-6-14(13(17)11-12)22-10-7-15(20)19-8-3-2-4-9-19/h5-6,11H,2-4,7-10,17H2,1H3,(H,18,21). The lowest BCUT2D eigenvalue weighted by Gasteiger charge is -2.26. The largest absolute Gasteiger partial charge is 0.491 e. The minimum atomic E-state index is -0.196. The Morgan fingerprint density at radius 3 is 2.64 bits per heavy atom. The summed E-state index contributed by atoms with van der Waals surface area (Å²) in [5, 5.41) is 2.54. The molecule has 120 valence electrons. The lowest BCUT2D eigenvalue weighted by Crippen LogP contribution is -2.36. The molecule has 0 atom stereocenters. The highest BCUT2D eigenvalue weighted by atomic mass is 16.5. The van der Waals surface area contributed by atoms with E-state index in [9.17, 15) is 9.59 Å². The van der Waals surface area contributed by atoms with Crippen LogP contribution in [0.4, 0.5) is 5.69 Å². The summed E-state index contributed by atoms with van der Waals surface area (Å²) in [4.78, 5) is 25.4. The smallest absolute Gasteiger partial charge is 0.251 e. The van der Waals surface area contributed by atoms with Crippen LogP contribution < -0.4 is 15.8 Å². The molecule has 1 fully saturated rings. The Balaban J connectivity index is 1.83. The maximum atomic E-state index is 12.0. The van der Waals surface area contributed by atoms with E-state index in [0.29, 0.717) is 30.0 Å². The molecule has 2 amide bonds. The first-order valence-corrected chi connectivity index (χ1v) is 7.64. The van der Waals surface area contributed by atoms with Gasteiger partial charge in [0.2, 0.25) is 5.91 Å². The van der Waals surface area contributed by atoms with E-state index in [-0.39, 0.29) is 11.8 Å². The Labute approximate surface area is 130 Å². The summed E-state index contributed by atoms with van der Waals surface area (Å²) in [5.74, 6) is 0.429. The van der Waals surface area contributed by atoms with Gasteiger partial charge in [-0.15, -0.1) is 0 Å². The lowest BCUT2D eigenvalue weighted by molar-refractivity contribution is -0.132. The van der Waals surface area contributed by atoms with Crippen LogP contribution in [0.1, 0.15) is 36.0 Å². The summed E-state index contributed by atoms with van der Waals surface area (Å²) >= 11 is 0. The number of rotatable bonds is 5. The van der Waals surface area contributed by atoms with Crippen molar-refractivity contribution in [2.45, 2.75) is 25.7 Å². The van der Waals surface area contributed by atoms with Crippen LogP contribution >= 0.6 is 0 Å². The topological polar surface area (TPSA) is 84.7 Å². The van der Waals surface area contributed by atoms with Crippen LogP contribution in [-0.2, 0) is 4.79 Å². The maximum absolute atomic E-state index is 12.0. The van der Waals surface area contributed by atoms with E-state index in [0.717, 1.165) is 25.9 Å². The van der Waals surface area contributed by atoms with Crippen LogP contribution in [0, 0.1) is 0 Å². The van der Waals surface area contributed by atoms with Gasteiger partial charge in [-0.2, -0.15) is 0 Å². The van der Waals surface area contributed by atoms with Gasteiger partial charge in [0.05, 0.1) is 18.7 Å². The van der Waals surface area contributed by atoms with Crippen molar-refractivity contribution in [1.82, 2.24) is 10.2 Å². The molecule has 1 aromatic carbocycles. The quantitative estimate of drug-likeness (QED) is 0.806.